The molecule has 1 saturated heterocycles. The second-order valence-electron chi connectivity index (χ2n) is 5.55. The number of rotatable bonds is 7. The van der Waals surface area contributed by atoms with E-state index in [1.54, 1.807) is 19.1 Å². The van der Waals surface area contributed by atoms with E-state index in [1.807, 2.05) is 6.92 Å². The van der Waals surface area contributed by atoms with E-state index in [1.165, 1.54) is 0 Å². The first-order valence-corrected chi connectivity index (χ1v) is 7.24. The highest BCUT2D eigenvalue weighted by Crippen LogP contribution is 2.35. The summed E-state index contributed by atoms with van der Waals surface area (Å²) < 4.78 is 10.4. The van der Waals surface area contributed by atoms with Crippen LogP contribution in [0.15, 0.2) is 0 Å². The van der Waals surface area contributed by atoms with Crippen LogP contribution in [0.3, 0.4) is 0 Å². The summed E-state index contributed by atoms with van der Waals surface area (Å²) in [6.45, 7) is 2.73. The molecule has 1 heterocycles. The van der Waals surface area contributed by atoms with Gasteiger partial charge in [-0.15, -0.1) is 0 Å². The lowest BCUT2D eigenvalue weighted by Crippen LogP contribution is -2.65. The van der Waals surface area contributed by atoms with E-state index < -0.39 is 6.04 Å². The second kappa shape index (κ2) is 6.54. The first-order chi connectivity index (χ1) is 9.62. The third-order valence-corrected chi connectivity index (χ3v) is 4.09. The Balaban J connectivity index is 2.10. The lowest BCUT2D eigenvalue weighted by atomic mass is 10.0. The Bertz CT molecular complexity index is 370. The normalized spacial score (nSPS) is 28.4. The van der Waals surface area contributed by atoms with Crippen molar-refractivity contribution < 1.29 is 19.1 Å². The number of carbonyl (C=O) groups excluding carboxylic acids is 2. The molecule has 1 aliphatic heterocycles. The molecular formula is C14H24N2O4. The van der Waals surface area contributed by atoms with E-state index in [0.717, 1.165) is 12.8 Å². The molecule has 0 aromatic carbocycles. The number of nitrogens with one attached hydrogen (secondary N) is 1. The number of ether oxygens (including phenoxy) is 2. The molecule has 114 valence electrons. The quantitative estimate of drug-likeness (QED) is 0.723. The molecule has 2 aliphatic rings. The molecule has 6 nitrogen and oxygen atoms in total. The Morgan fingerprint density at radius 3 is 2.55 bits per heavy atom. The van der Waals surface area contributed by atoms with E-state index >= 15 is 0 Å². The number of hydrogen-bond donors (Lipinski definition) is 1. The van der Waals surface area contributed by atoms with Crippen molar-refractivity contribution in [2.24, 2.45) is 5.92 Å². The molecule has 1 N–H and O–H groups in total. The zero-order chi connectivity index (χ0) is 14.7. The number of methoxy groups -OCH3 is 2. The van der Waals surface area contributed by atoms with Gasteiger partial charge in [0, 0.05) is 14.2 Å². The number of hydrogen-bond acceptors (Lipinski definition) is 4. The van der Waals surface area contributed by atoms with Crippen LogP contribution in [0.1, 0.15) is 26.2 Å². The summed E-state index contributed by atoms with van der Waals surface area (Å²) in [6.07, 6.45) is 2.45. The molecule has 1 saturated carbocycles. The largest absolute Gasteiger partial charge is 0.382 e. The van der Waals surface area contributed by atoms with Gasteiger partial charge in [0.15, 0.2) is 0 Å². The van der Waals surface area contributed by atoms with E-state index in [4.69, 9.17) is 9.47 Å². The highest BCUT2D eigenvalue weighted by Gasteiger charge is 2.46. The molecule has 1 aliphatic carbocycles. The van der Waals surface area contributed by atoms with Gasteiger partial charge < -0.3 is 19.7 Å². The third-order valence-electron chi connectivity index (χ3n) is 4.09. The van der Waals surface area contributed by atoms with Crippen molar-refractivity contribution >= 4 is 11.8 Å². The summed E-state index contributed by atoms with van der Waals surface area (Å²) in [7, 11) is 3.19. The van der Waals surface area contributed by atoms with Gasteiger partial charge in [0.1, 0.15) is 12.1 Å². The third kappa shape index (κ3) is 3.12. The van der Waals surface area contributed by atoms with Crippen LogP contribution in [0.2, 0.25) is 0 Å². The van der Waals surface area contributed by atoms with Crippen molar-refractivity contribution in [3.05, 3.63) is 0 Å². The van der Waals surface area contributed by atoms with Crippen LogP contribution in [-0.4, -0.2) is 62.3 Å². The predicted molar refractivity (Wildman–Crippen MR) is 73.1 cm³/mol. The molecule has 3 atom stereocenters. The minimum atomic E-state index is -0.396. The topological polar surface area (TPSA) is 67.9 Å². The minimum absolute atomic E-state index is 0.0251. The van der Waals surface area contributed by atoms with Gasteiger partial charge in [0.2, 0.25) is 11.8 Å². The fourth-order valence-corrected chi connectivity index (χ4v) is 2.76. The molecular weight excluding hydrogens is 260 g/mol. The molecule has 0 bridgehead atoms. The van der Waals surface area contributed by atoms with Gasteiger partial charge in [-0.05, 0) is 25.2 Å². The maximum absolute atomic E-state index is 12.6. The number of nitrogens with zero attached hydrogens (tertiary/aromatic N) is 1. The van der Waals surface area contributed by atoms with E-state index in [2.05, 4.69) is 5.32 Å². The van der Waals surface area contributed by atoms with Crippen LogP contribution in [0.4, 0.5) is 0 Å². The summed E-state index contributed by atoms with van der Waals surface area (Å²) in [5.41, 5.74) is 0. The summed E-state index contributed by atoms with van der Waals surface area (Å²) in [6, 6.07) is -0.739. The van der Waals surface area contributed by atoms with Gasteiger partial charge in [-0.3, -0.25) is 9.59 Å². The Morgan fingerprint density at radius 1 is 1.35 bits per heavy atom. The van der Waals surface area contributed by atoms with Crippen molar-refractivity contribution in [3.63, 3.8) is 0 Å². The average molecular weight is 284 g/mol. The molecule has 6 heteroatoms. The molecule has 2 amide bonds. The molecule has 3 unspecified atom stereocenters. The molecule has 20 heavy (non-hydrogen) atoms. The lowest BCUT2D eigenvalue weighted by Gasteiger charge is -2.40. The summed E-state index contributed by atoms with van der Waals surface area (Å²) in [5, 5.41) is 2.88. The summed E-state index contributed by atoms with van der Waals surface area (Å²) >= 11 is 0. The fraction of sp³-hybridized carbons (Fsp3) is 0.857. The second-order valence-corrected chi connectivity index (χ2v) is 5.55. The highest BCUT2D eigenvalue weighted by atomic mass is 16.5. The van der Waals surface area contributed by atoms with Gasteiger partial charge >= 0.3 is 0 Å². The molecule has 0 aromatic rings. The van der Waals surface area contributed by atoms with Crippen molar-refractivity contribution in [1.29, 1.82) is 0 Å². The van der Waals surface area contributed by atoms with E-state index in [9.17, 15) is 9.59 Å². The lowest BCUT2D eigenvalue weighted by molar-refractivity contribution is -0.152. The Morgan fingerprint density at radius 2 is 2.05 bits per heavy atom. The summed E-state index contributed by atoms with van der Waals surface area (Å²) in [4.78, 5) is 26.4. The zero-order valence-electron chi connectivity index (χ0n) is 12.4. The Labute approximate surface area is 119 Å². The zero-order valence-corrected chi connectivity index (χ0v) is 12.4. The number of piperazine rings is 1. The van der Waals surface area contributed by atoms with Gasteiger partial charge in [-0.2, -0.15) is 0 Å². The van der Waals surface area contributed by atoms with Crippen molar-refractivity contribution in [2.75, 3.05) is 27.4 Å². The van der Waals surface area contributed by atoms with Crippen molar-refractivity contribution in [3.8, 4) is 0 Å². The fourth-order valence-electron chi connectivity index (χ4n) is 2.76. The van der Waals surface area contributed by atoms with Crippen LogP contribution in [0.5, 0.6) is 0 Å². The van der Waals surface area contributed by atoms with Crippen LogP contribution in [0.25, 0.3) is 0 Å². The van der Waals surface area contributed by atoms with Crippen LogP contribution < -0.4 is 5.32 Å². The van der Waals surface area contributed by atoms with Gasteiger partial charge in [0.25, 0.3) is 0 Å². The molecule has 0 radical (unpaired) electrons. The van der Waals surface area contributed by atoms with Crippen LogP contribution in [0, 0.1) is 5.92 Å². The van der Waals surface area contributed by atoms with E-state index in [0.29, 0.717) is 25.5 Å². The van der Waals surface area contributed by atoms with Crippen molar-refractivity contribution in [1.82, 2.24) is 10.2 Å². The smallest absolute Gasteiger partial charge is 0.246 e. The van der Waals surface area contributed by atoms with Gasteiger partial charge in [-0.25, -0.2) is 0 Å². The molecule has 0 aromatic heterocycles. The SMILES string of the molecule is CCC1C(=O)NC(C2CC2)C(=O)N1CC(COC)OC. The maximum Gasteiger partial charge on any atom is 0.246 e. The van der Waals surface area contributed by atoms with Crippen LogP contribution in [-0.2, 0) is 19.1 Å². The van der Waals surface area contributed by atoms with Crippen LogP contribution >= 0.6 is 0 Å². The Hall–Kier alpha value is -1.14. The first kappa shape index (κ1) is 15.3. The monoisotopic (exact) mass is 284 g/mol. The van der Waals surface area contributed by atoms with Gasteiger partial charge in [-0.1, -0.05) is 6.92 Å². The first-order valence-electron chi connectivity index (χ1n) is 7.24. The van der Waals surface area contributed by atoms with Gasteiger partial charge in [0.05, 0.1) is 19.3 Å². The molecule has 2 rings (SSSR count). The molecule has 2 fully saturated rings. The standard InChI is InChI=1S/C14H24N2O4/c1-4-11-13(17)15-12(9-5-6-9)14(18)16(11)7-10(20-3)8-19-2/h9-12H,4-8H2,1-3H3,(H,15,17). The Kier molecular flexibility index (Phi) is 4.99. The molecule has 0 spiro atoms. The van der Waals surface area contributed by atoms with Crippen molar-refractivity contribution in [2.45, 2.75) is 44.4 Å². The minimum Gasteiger partial charge on any atom is -0.382 e. The predicted octanol–water partition coefficient (Wildman–Crippen LogP) is 0.163. The number of carbonyl (C=O) groups is 2. The average Bonchev–Trinajstić information content (AvgIpc) is 3.26. The highest BCUT2D eigenvalue weighted by molar-refractivity contribution is 5.97. The number of amides is 2. The summed E-state index contributed by atoms with van der Waals surface area (Å²) in [5.74, 6) is 0.295. The maximum atomic E-state index is 12.6. The van der Waals surface area contributed by atoms with E-state index in [-0.39, 0.29) is 24.0 Å².